The molecule has 1 aromatic carbocycles. The van der Waals surface area contributed by atoms with Gasteiger partial charge in [0.25, 0.3) is 0 Å². The number of alkyl halides is 17. The summed E-state index contributed by atoms with van der Waals surface area (Å²) in [7, 11) is 0. The molecule has 0 unspecified atom stereocenters. The number of hydrogen-bond donors (Lipinski definition) is 0. The van der Waals surface area contributed by atoms with Gasteiger partial charge in [-0.15, -0.1) is 0 Å². The largest absolute Gasteiger partial charge is 0.460 e. The minimum absolute atomic E-state index is 0.255. The van der Waals surface area contributed by atoms with Crippen LogP contribution >= 0.6 is 0 Å². The molecular formula is C17H6F17N. The van der Waals surface area contributed by atoms with Crippen LogP contribution in [0.3, 0.4) is 0 Å². The molecule has 1 nitrogen and oxygen atoms in total. The van der Waals surface area contributed by atoms with E-state index in [2.05, 4.69) is 4.98 Å². The topological polar surface area (TPSA) is 12.9 Å². The van der Waals surface area contributed by atoms with Crippen LogP contribution in [0, 0.1) is 0 Å². The van der Waals surface area contributed by atoms with Crippen LogP contribution in [0.1, 0.15) is 5.69 Å². The van der Waals surface area contributed by atoms with Crippen molar-refractivity contribution in [2.75, 3.05) is 0 Å². The van der Waals surface area contributed by atoms with Gasteiger partial charge in [0.15, 0.2) is 0 Å². The third-order valence-corrected chi connectivity index (χ3v) is 4.69. The van der Waals surface area contributed by atoms with E-state index in [1.807, 2.05) is 0 Å². The molecule has 0 bridgehead atoms. The van der Waals surface area contributed by atoms with E-state index >= 15 is 0 Å². The molecule has 0 spiro atoms. The lowest BCUT2D eigenvalue weighted by molar-refractivity contribution is -0.462. The van der Waals surface area contributed by atoms with Gasteiger partial charge < -0.3 is 0 Å². The molecule has 1 heterocycles. The molecular weight excluding hydrogens is 541 g/mol. The Bertz CT molecular complexity index is 1080. The van der Waals surface area contributed by atoms with Gasteiger partial charge >= 0.3 is 47.6 Å². The highest BCUT2D eigenvalue weighted by Crippen LogP contribution is 2.65. The van der Waals surface area contributed by atoms with Crippen LogP contribution in [0.2, 0.25) is 0 Å². The molecule has 0 amide bonds. The fourth-order valence-corrected chi connectivity index (χ4v) is 2.68. The zero-order valence-electron chi connectivity index (χ0n) is 15.8. The van der Waals surface area contributed by atoms with E-state index in [9.17, 15) is 74.6 Å². The van der Waals surface area contributed by atoms with Crippen LogP contribution in [-0.4, -0.2) is 46.7 Å². The van der Waals surface area contributed by atoms with E-state index < -0.39 is 64.1 Å². The number of rotatable bonds is 7. The molecule has 35 heavy (non-hydrogen) atoms. The van der Waals surface area contributed by atoms with Crippen molar-refractivity contribution in [1.82, 2.24) is 4.98 Å². The predicted octanol–water partition coefficient (Wildman–Crippen LogP) is 7.70. The first-order chi connectivity index (χ1) is 15.3. The van der Waals surface area contributed by atoms with Gasteiger partial charge in [-0.1, -0.05) is 24.3 Å². The number of hydrogen-bond acceptors (Lipinski definition) is 1. The summed E-state index contributed by atoms with van der Waals surface area (Å²) in [5, 5.41) is -1.61. The van der Waals surface area contributed by atoms with Gasteiger partial charge in [0.05, 0.1) is 0 Å². The van der Waals surface area contributed by atoms with E-state index in [1.165, 1.54) is 0 Å². The van der Waals surface area contributed by atoms with Crippen molar-refractivity contribution in [2.45, 2.75) is 47.6 Å². The minimum atomic E-state index is -8.66. The van der Waals surface area contributed by atoms with Crippen molar-refractivity contribution >= 4 is 10.8 Å². The van der Waals surface area contributed by atoms with Gasteiger partial charge in [0.1, 0.15) is 5.69 Å². The molecule has 0 fully saturated rings. The molecule has 0 N–H and O–H groups in total. The van der Waals surface area contributed by atoms with Gasteiger partial charge in [-0.3, -0.25) is 4.98 Å². The maximum Gasteiger partial charge on any atom is 0.460 e. The summed E-state index contributed by atoms with van der Waals surface area (Å²) in [4.78, 5) is 2.61. The normalized spacial score (nSPS) is 15.6. The predicted molar refractivity (Wildman–Crippen MR) is 81.4 cm³/mol. The Morgan fingerprint density at radius 3 is 1.31 bits per heavy atom. The average Bonchev–Trinajstić information content (AvgIpc) is 2.71. The highest BCUT2D eigenvalue weighted by atomic mass is 19.4. The SMILES string of the molecule is FC(F)(F)C(F)(F)C(F)(F)C(F)(F)C(F)(F)C(F)(F)C(F)(F)C(F)(F)c1nccc2ccccc12. The highest BCUT2D eigenvalue weighted by molar-refractivity contribution is 5.85. The summed E-state index contributed by atoms with van der Waals surface area (Å²) in [6.45, 7) is 0. The number of aromatic nitrogens is 1. The monoisotopic (exact) mass is 547 g/mol. The molecule has 0 saturated carbocycles. The van der Waals surface area contributed by atoms with E-state index in [1.54, 1.807) is 0 Å². The third kappa shape index (κ3) is 3.56. The zero-order valence-corrected chi connectivity index (χ0v) is 15.8. The maximum atomic E-state index is 14.4. The Labute approximate surface area is 181 Å². The Balaban J connectivity index is 2.73. The van der Waals surface area contributed by atoms with Gasteiger partial charge in [-0.05, 0) is 11.5 Å². The lowest BCUT2D eigenvalue weighted by atomic mass is 9.87. The van der Waals surface area contributed by atoms with Crippen molar-refractivity contribution in [3.63, 3.8) is 0 Å². The maximum absolute atomic E-state index is 14.4. The van der Waals surface area contributed by atoms with Crippen LogP contribution in [0.4, 0.5) is 74.6 Å². The van der Waals surface area contributed by atoms with Gasteiger partial charge in [0.2, 0.25) is 0 Å². The number of nitrogens with zero attached hydrogens (tertiary/aromatic N) is 1. The van der Waals surface area contributed by atoms with Gasteiger partial charge in [0, 0.05) is 11.6 Å². The summed E-state index contributed by atoms with van der Waals surface area (Å²) in [6.07, 6.45) is -7.53. The van der Waals surface area contributed by atoms with E-state index in [-0.39, 0.29) is 6.20 Å². The van der Waals surface area contributed by atoms with Crippen LogP contribution < -0.4 is 0 Å². The van der Waals surface area contributed by atoms with Crippen molar-refractivity contribution in [3.05, 3.63) is 42.2 Å². The summed E-state index contributed by atoms with van der Waals surface area (Å²) >= 11 is 0. The van der Waals surface area contributed by atoms with Crippen molar-refractivity contribution in [3.8, 4) is 0 Å². The molecule has 0 saturated heterocycles. The van der Waals surface area contributed by atoms with Gasteiger partial charge in [-0.25, -0.2) is 0 Å². The van der Waals surface area contributed by atoms with Gasteiger partial charge in [-0.2, -0.15) is 74.6 Å². The Hall–Kier alpha value is -2.56. The van der Waals surface area contributed by atoms with Crippen molar-refractivity contribution in [2.24, 2.45) is 0 Å². The van der Waals surface area contributed by atoms with Crippen LogP contribution in [0.15, 0.2) is 36.5 Å². The molecule has 2 aromatic rings. The first-order valence-electron chi connectivity index (χ1n) is 8.39. The molecule has 0 aliphatic rings. The fraction of sp³-hybridized carbons (Fsp3) is 0.471. The summed E-state index contributed by atoms with van der Waals surface area (Å²) in [5.74, 6) is -56.9. The summed E-state index contributed by atoms with van der Waals surface area (Å²) in [6, 6.07) is 4.10. The zero-order chi connectivity index (χ0) is 27.7. The quantitative estimate of drug-likeness (QED) is 0.324. The number of benzene rings is 1. The number of fused-ring (bicyclic) bond motifs is 1. The van der Waals surface area contributed by atoms with E-state index in [0.29, 0.717) is 6.07 Å². The minimum Gasteiger partial charge on any atom is -0.254 e. The van der Waals surface area contributed by atoms with E-state index in [0.717, 1.165) is 24.3 Å². The van der Waals surface area contributed by atoms with Crippen LogP contribution in [0.5, 0.6) is 0 Å². The molecule has 0 radical (unpaired) electrons. The molecule has 2 rings (SSSR count). The average molecular weight is 547 g/mol. The standard InChI is InChI=1S/C17H6F17N/c18-10(19,9-8-4-2-1-3-7(8)5-6-35-9)11(20,21)12(22,23)13(24,25)14(26,27)15(28,29)16(30,31)17(32,33)34/h1-6H. The number of halogens is 17. The lowest BCUT2D eigenvalue weighted by Crippen LogP contribution is -2.74. The van der Waals surface area contributed by atoms with Crippen LogP contribution in [-0.2, 0) is 5.92 Å². The van der Waals surface area contributed by atoms with Crippen molar-refractivity contribution in [1.29, 1.82) is 0 Å². The number of pyridine rings is 1. The fourth-order valence-electron chi connectivity index (χ4n) is 2.68. The molecule has 0 aliphatic heterocycles. The molecule has 0 atom stereocenters. The second-order valence-electron chi connectivity index (χ2n) is 6.90. The molecule has 18 heteroatoms. The summed E-state index contributed by atoms with van der Waals surface area (Å²) < 4.78 is 228. The highest BCUT2D eigenvalue weighted by Gasteiger charge is 2.95. The second kappa shape index (κ2) is 7.72. The Morgan fingerprint density at radius 2 is 0.857 bits per heavy atom. The molecule has 1 aromatic heterocycles. The smallest absolute Gasteiger partial charge is 0.254 e. The van der Waals surface area contributed by atoms with Crippen molar-refractivity contribution < 1.29 is 74.6 Å². The lowest BCUT2D eigenvalue weighted by Gasteiger charge is -2.42. The Morgan fingerprint density at radius 1 is 0.457 bits per heavy atom. The molecule has 198 valence electrons. The Kier molecular flexibility index (Phi) is 6.32. The third-order valence-electron chi connectivity index (χ3n) is 4.69. The van der Waals surface area contributed by atoms with Crippen LogP contribution in [0.25, 0.3) is 10.8 Å². The second-order valence-corrected chi connectivity index (χ2v) is 6.90. The molecule has 0 aliphatic carbocycles. The first-order valence-corrected chi connectivity index (χ1v) is 8.39. The first kappa shape index (κ1) is 28.7. The van der Waals surface area contributed by atoms with E-state index in [4.69, 9.17) is 0 Å². The summed E-state index contributed by atoms with van der Waals surface area (Å²) in [5.41, 5.74) is -2.45.